The van der Waals surface area contributed by atoms with Crippen LogP contribution >= 0.6 is 27.5 Å². The van der Waals surface area contributed by atoms with E-state index >= 15 is 0 Å². The molecule has 28 heavy (non-hydrogen) atoms. The molecule has 1 unspecified atom stereocenters. The Labute approximate surface area is 179 Å². The molecule has 0 bridgehead atoms. The van der Waals surface area contributed by atoms with Gasteiger partial charge in [0.15, 0.2) is 0 Å². The van der Waals surface area contributed by atoms with Gasteiger partial charge in [-0.15, -0.1) is 0 Å². The number of benzene rings is 2. The fourth-order valence-corrected chi connectivity index (χ4v) is 4.23. The predicted octanol–water partition coefficient (Wildman–Crippen LogP) is 4.91. The van der Waals surface area contributed by atoms with Crippen molar-refractivity contribution in [2.45, 2.75) is 44.1 Å². The zero-order valence-electron chi connectivity index (χ0n) is 15.8. The molecule has 0 spiro atoms. The maximum absolute atomic E-state index is 12.7. The molecule has 0 heterocycles. The van der Waals surface area contributed by atoms with Crippen molar-refractivity contribution in [1.29, 1.82) is 0 Å². The minimum Gasteiger partial charge on any atom is -0.355 e. The van der Waals surface area contributed by atoms with Gasteiger partial charge in [-0.2, -0.15) is 0 Å². The van der Waals surface area contributed by atoms with Crippen LogP contribution in [0, 0.1) is 0 Å². The van der Waals surface area contributed by atoms with Crippen LogP contribution in [0.25, 0.3) is 0 Å². The van der Waals surface area contributed by atoms with E-state index in [9.17, 15) is 9.59 Å². The fourth-order valence-electron chi connectivity index (χ4n) is 3.71. The van der Waals surface area contributed by atoms with E-state index < -0.39 is 0 Å². The van der Waals surface area contributed by atoms with Gasteiger partial charge in [0.2, 0.25) is 11.8 Å². The lowest BCUT2D eigenvalue weighted by molar-refractivity contribution is -0.123. The molecular weight excluding hydrogens is 440 g/mol. The first-order valence-electron chi connectivity index (χ1n) is 9.43. The lowest BCUT2D eigenvalue weighted by Crippen LogP contribution is -2.46. The number of hydrogen-bond donors (Lipinski definition) is 2. The van der Waals surface area contributed by atoms with Crippen LogP contribution in [0.1, 0.15) is 49.8 Å². The first-order valence-corrected chi connectivity index (χ1v) is 10.6. The van der Waals surface area contributed by atoms with E-state index in [0.29, 0.717) is 11.6 Å². The maximum atomic E-state index is 12.7. The molecular formula is C22H24BrClN2O2. The van der Waals surface area contributed by atoms with E-state index in [0.717, 1.165) is 22.9 Å². The van der Waals surface area contributed by atoms with Crippen LogP contribution in [0.5, 0.6) is 0 Å². The highest BCUT2D eigenvalue weighted by Crippen LogP contribution is 2.43. The molecule has 2 N–H and O–H groups in total. The van der Waals surface area contributed by atoms with Crippen LogP contribution in [0.15, 0.2) is 53.0 Å². The van der Waals surface area contributed by atoms with Gasteiger partial charge >= 0.3 is 0 Å². The summed E-state index contributed by atoms with van der Waals surface area (Å²) in [5, 5.41) is 6.58. The second-order valence-corrected chi connectivity index (χ2v) is 8.78. The molecule has 0 aliphatic heterocycles. The topological polar surface area (TPSA) is 58.2 Å². The average Bonchev–Trinajstić information content (AvgIpc) is 2.60. The van der Waals surface area contributed by atoms with Crippen LogP contribution in [-0.4, -0.2) is 18.4 Å². The number of rotatable bonds is 7. The fraction of sp³-hybridized carbons (Fsp3) is 0.364. The molecule has 4 nitrogen and oxygen atoms in total. The first kappa shape index (κ1) is 20.9. The summed E-state index contributed by atoms with van der Waals surface area (Å²) in [7, 11) is 0. The van der Waals surface area contributed by atoms with Crippen LogP contribution in [0.2, 0.25) is 5.02 Å². The van der Waals surface area contributed by atoms with Gasteiger partial charge in [-0.1, -0.05) is 58.2 Å². The number of hydrogen-bond acceptors (Lipinski definition) is 2. The molecule has 2 amide bonds. The molecule has 6 heteroatoms. The molecule has 1 aliphatic rings. The molecule has 148 valence electrons. The Morgan fingerprint density at radius 2 is 1.89 bits per heavy atom. The van der Waals surface area contributed by atoms with Crippen molar-refractivity contribution in [3.05, 3.63) is 69.2 Å². The summed E-state index contributed by atoms with van der Waals surface area (Å²) >= 11 is 9.49. The minimum atomic E-state index is -0.377. The lowest BCUT2D eigenvalue weighted by Gasteiger charge is -2.42. The third-order valence-electron chi connectivity index (χ3n) is 5.41. The molecule has 1 atom stereocenters. The zero-order valence-corrected chi connectivity index (χ0v) is 18.1. The summed E-state index contributed by atoms with van der Waals surface area (Å²) in [4.78, 5) is 24.3. The number of carbonyl (C=O) groups is 2. The van der Waals surface area contributed by atoms with Crippen molar-refractivity contribution in [3.8, 4) is 0 Å². The summed E-state index contributed by atoms with van der Waals surface area (Å²) in [6, 6.07) is 15.1. The van der Waals surface area contributed by atoms with E-state index in [-0.39, 0.29) is 29.7 Å². The Morgan fingerprint density at radius 1 is 1.18 bits per heavy atom. The van der Waals surface area contributed by atoms with Gasteiger partial charge in [-0.3, -0.25) is 9.59 Å². The van der Waals surface area contributed by atoms with E-state index in [1.54, 1.807) is 12.1 Å². The molecule has 0 aromatic heterocycles. The predicted molar refractivity (Wildman–Crippen MR) is 115 cm³/mol. The summed E-state index contributed by atoms with van der Waals surface area (Å²) in [6.45, 7) is 2.06. The molecule has 2 aromatic carbocycles. The average molecular weight is 464 g/mol. The minimum absolute atomic E-state index is 0.00319. The van der Waals surface area contributed by atoms with E-state index in [1.807, 2.05) is 24.3 Å². The van der Waals surface area contributed by atoms with Crippen LogP contribution in [0.3, 0.4) is 0 Å². The van der Waals surface area contributed by atoms with Crippen molar-refractivity contribution < 1.29 is 9.59 Å². The number of halogens is 2. The number of carbonyl (C=O) groups excluding carboxylic acids is 2. The first-order chi connectivity index (χ1) is 13.4. The number of nitrogens with one attached hydrogen (secondary N) is 2. The Balaban J connectivity index is 1.65. The van der Waals surface area contributed by atoms with Crippen molar-refractivity contribution >= 4 is 39.3 Å². The van der Waals surface area contributed by atoms with Crippen molar-refractivity contribution in [2.24, 2.45) is 0 Å². The van der Waals surface area contributed by atoms with Crippen molar-refractivity contribution in [1.82, 2.24) is 10.6 Å². The van der Waals surface area contributed by atoms with Gasteiger partial charge in [-0.25, -0.2) is 0 Å². The van der Waals surface area contributed by atoms with Gasteiger partial charge < -0.3 is 10.6 Å². The summed E-state index contributed by atoms with van der Waals surface area (Å²) in [6.07, 6.45) is 3.49. The quantitative estimate of drug-likeness (QED) is 0.613. The van der Waals surface area contributed by atoms with Crippen LogP contribution in [-0.2, 0) is 15.0 Å². The van der Waals surface area contributed by atoms with Crippen LogP contribution < -0.4 is 10.6 Å². The largest absolute Gasteiger partial charge is 0.355 e. The molecule has 0 saturated heterocycles. The Bertz CT molecular complexity index is 850. The highest BCUT2D eigenvalue weighted by atomic mass is 79.9. The van der Waals surface area contributed by atoms with Gasteiger partial charge in [0.05, 0.1) is 12.5 Å². The Morgan fingerprint density at radius 3 is 2.46 bits per heavy atom. The molecule has 1 aliphatic carbocycles. The second-order valence-electron chi connectivity index (χ2n) is 7.43. The smallest absolute Gasteiger partial charge is 0.222 e. The molecule has 1 fully saturated rings. The van der Waals surface area contributed by atoms with E-state index in [4.69, 9.17) is 11.6 Å². The summed E-state index contributed by atoms with van der Waals surface area (Å²) in [5.74, 6) is -0.243. The highest BCUT2D eigenvalue weighted by molar-refractivity contribution is 9.10. The SMILES string of the molecule is CC(=O)NC(CC(=O)NCC1(c2cccc(Br)c2)CCC1)c1ccc(Cl)cc1. The maximum Gasteiger partial charge on any atom is 0.222 e. The third kappa shape index (κ3) is 5.15. The summed E-state index contributed by atoms with van der Waals surface area (Å²) in [5.41, 5.74) is 2.12. The van der Waals surface area contributed by atoms with Crippen molar-refractivity contribution in [2.75, 3.05) is 6.54 Å². The van der Waals surface area contributed by atoms with Gasteiger partial charge in [0.1, 0.15) is 0 Å². The third-order valence-corrected chi connectivity index (χ3v) is 6.16. The second kappa shape index (κ2) is 9.10. The van der Waals surface area contributed by atoms with E-state index in [2.05, 4.69) is 38.7 Å². The van der Waals surface area contributed by atoms with Gasteiger partial charge in [-0.05, 0) is 48.2 Å². The standard InChI is InChI=1S/C22H24BrClN2O2/c1-15(27)26-20(16-6-8-19(24)9-7-16)13-21(28)25-14-22(10-3-11-22)17-4-2-5-18(23)12-17/h2,4-9,12,20H,3,10-11,13-14H2,1H3,(H,25,28)(H,26,27). The Hall–Kier alpha value is -1.85. The lowest BCUT2D eigenvalue weighted by atomic mass is 9.64. The van der Waals surface area contributed by atoms with E-state index in [1.165, 1.54) is 18.9 Å². The monoisotopic (exact) mass is 462 g/mol. The molecule has 3 rings (SSSR count). The number of amides is 2. The molecule has 1 saturated carbocycles. The van der Waals surface area contributed by atoms with Gasteiger partial charge in [0.25, 0.3) is 0 Å². The molecule has 2 aromatic rings. The highest BCUT2D eigenvalue weighted by Gasteiger charge is 2.39. The van der Waals surface area contributed by atoms with Gasteiger partial charge in [0, 0.05) is 28.4 Å². The molecule has 0 radical (unpaired) electrons. The van der Waals surface area contributed by atoms with Crippen molar-refractivity contribution in [3.63, 3.8) is 0 Å². The normalized spacial score (nSPS) is 16.0. The van der Waals surface area contributed by atoms with Crippen LogP contribution in [0.4, 0.5) is 0 Å². The zero-order chi connectivity index (χ0) is 20.1. The Kier molecular flexibility index (Phi) is 6.78. The summed E-state index contributed by atoms with van der Waals surface area (Å²) < 4.78 is 1.05.